The molecule has 5 heteroatoms. The summed E-state index contributed by atoms with van der Waals surface area (Å²) in [5.74, 6) is -0.676. The van der Waals surface area contributed by atoms with Gasteiger partial charge in [0.1, 0.15) is 6.07 Å². The molecule has 0 amide bonds. The maximum absolute atomic E-state index is 11.2. The van der Waals surface area contributed by atoms with Crippen molar-refractivity contribution in [2.24, 2.45) is 10.2 Å². The van der Waals surface area contributed by atoms with Crippen LogP contribution in [0.3, 0.4) is 0 Å². The van der Waals surface area contributed by atoms with Gasteiger partial charge in [0.15, 0.2) is 0 Å². The summed E-state index contributed by atoms with van der Waals surface area (Å²) in [6.45, 7) is 1.89. The third-order valence-corrected chi connectivity index (χ3v) is 1.68. The van der Waals surface area contributed by atoms with Gasteiger partial charge in [0.25, 0.3) is 6.04 Å². The average molecular weight is 217 g/mol. The fraction of sp³-hybridized carbons (Fsp3) is 0.273. The van der Waals surface area contributed by atoms with E-state index in [1.54, 1.807) is 37.3 Å². The van der Waals surface area contributed by atoms with Gasteiger partial charge >= 0.3 is 5.97 Å². The van der Waals surface area contributed by atoms with E-state index < -0.39 is 12.0 Å². The van der Waals surface area contributed by atoms with Crippen LogP contribution >= 0.6 is 0 Å². The van der Waals surface area contributed by atoms with Crippen LogP contribution in [0.1, 0.15) is 6.92 Å². The van der Waals surface area contributed by atoms with Crippen LogP contribution in [0.5, 0.6) is 0 Å². The number of esters is 1. The van der Waals surface area contributed by atoms with Crippen molar-refractivity contribution < 1.29 is 9.53 Å². The van der Waals surface area contributed by atoms with Gasteiger partial charge in [0.05, 0.1) is 12.3 Å². The number of hydrogen-bond donors (Lipinski definition) is 0. The van der Waals surface area contributed by atoms with Crippen LogP contribution in [0.15, 0.2) is 40.6 Å². The van der Waals surface area contributed by atoms with Gasteiger partial charge in [-0.15, -0.1) is 0 Å². The monoisotopic (exact) mass is 217 g/mol. The number of ether oxygens (including phenoxy) is 1. The first kappa shape index (κ1) is 11.9. The number of benzene rings is 1. The Kier molecular flexibility index (Phi) is 4.67. The van der Waals surface area contributed by atoms with Crippen molar-refractivity contribution in [3.63, 3.8) is 0 Å². The second kappa shape index (κ2) is 6.30. The summed E-state index contributed by atoms with van der Waals surface area (Å²) in [5, 5.41) is 16.1. The molecule has 82 valence electrons. The predicted molar refractivity (Wildman–Crippen MR) is 57.0 cm³/mol. The summed E-state index contributed by atoms with van der Waals surface area (Å²) in [6, 6.07) is 9.40. The third kappa shape index (κ3) is 3.50. The number of carbonyl (C=O) groups excluding carboxylic acids is 1. The molecular weight excluding hydrogens is 206 g/mol. The molecule has 0 bridgehead atoms. The molecule has 0 aliphatic heterocycles. The number of hydrogen-bond acceptors (Lipinski definition) is 5. The predicted octanol–water partition coefficient (Wildman–Crippen LogP) is 2.23. The molecule has 0 heterocycles. The second-order valence-electron chi connectivity index (χ2n) is 2.83. The van der Waals surface area contributed by atoms with E-state index in [0.29, 0.717) is 5.69 Å². The SMILES string of the molecule is CCOC(=O)[C@@H](C#N)N=Nc1ccccc1. The molecule has 5 nitrogen and oxygen atoms in total. The van der Waals surface area contributed by atoms with Gasteiger partial charge in [-0.05, 0) is 19.1 Å². The van der Waals surface area contributed by atoms with E-state index in [2.05, 4.69) is 15.0 Å². The summed E-state index contributed by atoms with van der Waals surface area (Å²) in [6.07, 6.45) is 0. The van der Waals surface area contributed by atoms with Crippen LogP contribution in [0, 0.1) is 11.3 Å². The number of nitriles is 1. The highest BCUT2D eigenvalue weighted by atomic mass is 16.5. The normalized spacial score (nSPS) is 12.0. The van der Waals surface area contributed by atoms with E-state index in [1.165, 1.54) is 0 Å². The van der Waals surface area contributed by atoms with Crippen molar-refractivity contribution in [1.29, 1.82) is 5.26 Å². The number of rotatable bonds is 4. The van der Waals surface area contributed by atoms with E-state index in [9.17, 15) is 4.79 Å². The van der Waals surface area contributed by atoms with Crippen LogP contribution in [0.4, 0.5) is 5.69 Å². The van der Waals surface area contributed by atoms with Gasteiger partial charge in [0, 0.05) is 0 Å². The molecule has 16 heavy (non-hydrogen) atoms. The van der Waals surface area contributed by atoms with Crippen molar-refractivity contribution in [1.82, 2.24) is 0 Å². The Morgan fingerprint density at radius 1 is 1.50 bits per heavy atom. The van der Waals surface area contributed by atoms with Crippen molar-refractivity contribution >= 4 is 11.7 Å². The molecule has 1 atom stereocenters. The minimum atomic E-state index is -1.19. The molecule has 0 aliphatic rings. The standard InChI is InChI=1S/C11H11N3O2/c1-2-16-11(15)10(8-12)14-13-9-6-4-3-5-7-9/h3-7,10H,2H2,1H3/t10-/m1/s1. The Hall–Kier alpha value is -2.22. The zero-order valence-electron chi connectivity index (χ0n) is 8.83. The van der Waals surface area contributed by atoms with E-state index in [4.69, 9.17) is 5.26 Å². The lowest BCUT2D eigenvalue weighted by atomic mass is 10.3. The molecule has 1 rings (SSSR count). The van der Waals surface area contributed by atoms with Crippen molar-refractivity contribution in [2.75, 3.05) is 6.61 Å². The van der Waals surface area contributed by atoms with Gasteiger partial charge in [-0.1, -0.05) is 18.2 Å². The van der Waals surface area contributed by atoms with E-state index in [0.717, 1.165) is 0 Å². The molecule has 0 aromatic heterocycles. The lowest BCUT2D eigenvalue weighted by Gasteiger charge is -2.01. The van der Waals surface area contributed by atoms with Gasteiger partial charge in [0.2, 0.25) is 0 Å². The first-order chi connectivity index (χ1) is 7.77. The second-order valence-corrected chi connectivity index (χ2v) is 2.83. The minimum Gasteiger partial charge on any atom is -0.464 e. The minimum absolute atomic E-state index is 0.220. The lowest BCUT2D eigenvalue weighted by Crippen LogP contribution is -2.19. The lowest BCUT2D eigenvalue weighted by molar-refractivity contribution is -0.143. The van der Waals surface area contributed by atoms with E-state index in [1.807, 2.05) is 6.07 Å². The summed E-state index contributed by atoms with van der Waals surface area (Å²) in [7, 11) is 0. The van der Waals surface area contributed by atoms with Crippen molar-refractivity contribution in [3.05, 3.63) is 30.3 Å². The van der Waals surface area contributed by atoms with Crippen molar-refractivity contribution in [3.8, 4) is 6.07 Å². The molecule has 0 saturated heterocycles. The first-order valence-electron chi connectivity index (χ1n) is 4.80. The summed E-state index contributed by atoms with van der Waals surface area (Å²) < 4.78 is 4.67. The third-order valence-electron chi connectivity index (χ3n) is 1.68. The maximum Gasteiger partial charge on any atom is 0.347 e. The smallest absolute Gasteiger partial charge is 0.347 e. The van der Waals surface area contributed by atoms with Gasteiger partial charge < -0.3 is 4.74 Å². The zero-order valence-corrected chi connectivity index (χ0v) is 8.83. The zero-order chi connectivity index (χ0) is 11.8. The fourth-order valence-electron chi connectivity index (χ4n) is 0.966. The number of carbonyl (C=O) groups is 1. The Bertz CT molecular complexity index is 409. The highest BCUT2D eigenvalue weighted by molar-refractivity contribution is 5.78. The summed E-state index contributed by atoms with van der Waals surface area (Å²) in [4.78, 5) is 11.2. The fourth-order valence-corrected chi connectivity index (χ4v) is 0.966. The molecule has 0 saturated carbocycles. The topological polar surface area (TPSA) is 74.8 Å². The molecule has 0 radical (unpaired) electrons. The van der Waals surface area contributed by atoms with Crippen LogP contribution in [-0.2, 0) is 9.53 Å². The number of azo groups is 1. The van der Waals surface area contributed by atoms with Gasteiger partial charge in [-0.2, -0.15) is 15.5 Å². The molecule has 0 aliphatic carbocycles. The van der Waals surface area contributed by atoms with Crippen molar-refractivity contribution in [2.45, 2.75) is 13.0 Å². The first-order valence-corrected chi connectivity index (χ1v) is 4.80. The molecule has 0 fully saturated rings. The maximum atomic E-state index is 11.2. The molecule has 0 unspecified atom stereocenters. The Balaban J connectivity index is 2.68. The van der Waals surface area contributed by atoms with E-state index in [-0.39, 0.29) is 6.61 Å². The summed E-state index contributed by atoms with van der Waals surface area (Å²) >= 11 is 0. The number of nitrogens with zero attached hydrogens (tertiary/aromatic N) is 3. The highest BCUT2D eigenvalue weighted by Crippen LogP contribution is 2.11. The van der Waals surface area contributed by atoms with E-state index >= 15 is 0 Å². The highest BCUT2D eigenvalue weighted by Gasteiger charge is 2.17. The van der Waals surface area contributed by atoms with Crippen LogP contribution in [0.2, 0.25) is 0 Å². The molecule has 1 aromatic carbocycles. The molecular formula is C11H11N3O2. The molecule has 1 aromatic rings. The largest absolute Gasteiger partial charge is 0.464 e. The Morgan fingerprint density at radius 3 is 2.75 bits per heavy atom. The molecule has 0 N–H and O–H groups in total. The van der Waals surface area contributed by atoms with Gasteiger partial charge in [-0.3, -0.25) is 0 Å². The van der Waals surface area contributed by atoms with Crippen LogP contribution < -0.4 is 0 Å². The Labute approximate surface area is 93.4 Å². The quantitative estimate of drug-likeness (QED) is 0.573. The molecule has 0 spiro atoms. The summed E-state index contributed by atoms with van der Waals surface area (Å²) in [5.41, 5.74) is 0.590. The average Bonchev–Trinajstić information content (AvgIpc) is 2.31. The van der Waals surface area contributed by atoms with Crippen LogP contribution in [0.25, 0.3) is 0 Å². The Morgan fingerprint density at radius 2 is 2.19 bits per heavy atom. The van der Waals surface area contributed by atoms with Gasteiger partial charge in [-0.25, -0.2) is 4.79 Å². The van der Waals surface area contributed by atoms with Crippen LogP contribution in [-0.4, -0.2) is 18.6 Å².